The molecule has 0 fully saturated rings. The Hall–Kier alpha value is 0.0696. The number of nitrogens with zero attached hydrogens (tertiary/aromatic N) is 2. The van der Waals surface area contributed by atoms with Gasteiger partial charge >= 0.3 is 188 Å². The Bertz CT molecular complexity index is 1120. The van der Waals surface area contributed by atoms with Gasteiger partial charge in [-0.15, -0.1) is 0 Å². The molecule has 1 aliphatic carbocycles. The van der Waals surface area contributed by atoms with Gasteiger partial charge in [-0.2, -0.15) is 0 Å². The molecule has 0 amide bonds. The van der Waals surface area contributed by atoms with Crippen LogP contribution >= 0.6 is 50.0 Å². The Morgan fingerprint density at radius 1 is 1.14 bits per heavy atom. The molecule has 0 spiro atoms. The molecule has 0 bridgehead atoms. The number of thiophene rings is 1. The minimum atomic E-state index is -3.34. The van der Waals surface area contributed by atoms with Crippen LogP contribution in [0.5, 0.6) is 0 Å². The third-order valence-corrected chi connectivity index (χ3v) is 12.5. The van der Waals surface area contributed by atoms with E-state index in [4.69, 9.17) is 26.9 Å². The first-order chi connectivity index (χ1) is 13.4. The molecule has 1 atom stereocenters. The van der Waals surface area contributed by atoms with E-state index in [-0.39, 0.29) is 11.6 Å². The van der Waals surface area contributed by atoms with Gasteiger partial charge in [-0.1, -0.05) is 0 Å². The number of benzene rings is 1. The molecule has 0 N–H and O–H groups in total. The zero-order valence-electron chi connectivity index (χ0n) is 14.9. The molecule has 3 heterocycles. The zero-order valence-corrected chi connectivity index (χ0v) is 21.1. The number of rotatable bonds is 3. The first kappa shape index (κ1) is 20.0. The minimum absolute atomic E-state index is 0.0932. The molecule has 5 rings (SSSR count). The first-order valence-corrected chi connectivity index (χ1v) is 21.5. The van der Waals surface area contributed by atoms with Gasteiger partial charge < -0.3 is 0 Å². The number of aromatic nitrogens is 2. The zero-order chi connectivity index (χ0) is 19.5. The number of hydrogen-bond acceptors (Lipinski definition) is 3. The van der Waals surface area contributed by atoms with E-state index in [9.17, 15) is 4.79 Å². The van der Waals surface area contributed by atoms with E-state index in [1.54, 1.807) is 23.1 Å². The molecule has 1 unspecified atom stereocenters. The monoisotopic (exact) mass is 589 g/mol. The van der Waals surface area contributed by atoms with Gasteiger partial charge in [0, 0.05) is 0 Å². The Morgan fingerprint density at radius 2 is 1.89 bits per heavy atom. The van der Waals surface area contributed by atoms with Crippen LogP contribution in [0.4, 0.5) is 0 Å². The van der Waals surface area contributed by atoms with E-state index in [2.05, 4.69) is 4.57 Å². The van der Waals surface area contributed by atoms with Crippen LogP contribution in [0, 0.1) is 0 Å². The normalized spacial score (nSPS) is 19.6. The second-order valence-electron chi connectivity index (χ2n) is 7.15. The van der Waals surface area contributed by atoms with Crippen molar-refractivity contribution in [3.05, 3.63) is 51.1 Å². The van der Waals surface area contributed by atoms with E-state index in [0.29, 0.717) is 4.47 Å². The van der Waals surface area contributed by atoms with Crippen molar-refractivity contribution < 1.29 is 4.57 Å². The molecule has 28 heavy (non-hydrogen) atoms. The first-order valence-electron chi connectivity index (χ1n) is 9.17. The summed E-state index contributed by atoms with van der Waals surface area (Å²) in [6.07, 6.45) is 4.39. The van der Waals surface area contributed by atoms with Crippen molar-refractivity contribution >= 4 is 75.0 Å². The fourth-order valence-electron chi connectivity index (χ4n) is 4.18. The molecule has 9 heteroatoms. The molecule has 2 aromatic heterocycles. The summed E-state index contributed by atoms with van der Waals surface area (Å²) >= 11 is 0.138. The van der Waals surface area contributed by atoms with Crippen molar-refractivity contribution in [2.45, 2.75) is 41.4 Å². The van der Waals surface area contributed by atoms with E-state index in [0.717, 1.165) is 46.1 Å². The van der Waals surface area contributed by atoms with Crippen molar-refractivity contribution in [1.29, 1.82) is 0 Å². The quantitative estimate of drug-likeness (QED) is 0.229. The van der Waals surface area contributed by atoms with Gasteiger partial charge in [0.05, 0.1) is 0 Å². The second-order valence-corrected chi connectivity index (χ2v) is 26.8. The fourth-order valence-corrected chi connectivity index (χ4v) is 12.4. The Morgan fingerprint density at radius 3 is 2.64 bits per heavy atom. The van der Waals surface area contributed by atoms with Gasteiger partial charge in [0.15, 0.2) is 0 Å². The van der Waals surface area contributed by atoms with Crippen molar-refractivity contribution in [2.75, 3.05) is 5.75 Å². The van der Waals surface area contributed by atoms with Crippen LogP contribution in [-0.4, -0.2) is 25.1 Å². The van der Waals surface area contributed by atoms with Crippen molar-refractivity contribution in [3.63, 3.8) is 0 Å². The molecule has 0 radical (unpaired) electrons. The van der Waals surface area contributed by atoms with E-state index in [1.165, 1.54) is 16.9 Å². The topological polar surface area (TPSA) is 25.9 Å². The third-order valence-electron chi connectivity index (χ3n) is 5.35. The second kappa shape index (κ2) is 7.64. The van der Waals surface area contributed by atoms with E-state index in [1.807, 2.05) is 34.9 Å². The van der Waals surface area contributed by atoms with Crippen molar-refractivity contribution in [2.24, 2.45) is 0 Å². The summed E-state index contributed by atoms with van der Waals surface area (Å²) < 4.78 is 4.80. The number of halogens is 3. The summed E-state index contributed by atoms with van der Waals surface area (Å²) in [6, 6.07) is 10.0. The predicted molar refractivity (Wildman–Crippen MR) is 122 cm³/mol. The third kappa shape index (κ3) is 3.43. The Balaban J connectivity index is 1.84. The molecule has 1 aliphatic heterocycles. The molecular formula is C19H18Cl3N2OS2Te+. The molecular weight excluding hydrogens is 570 g/mol. The predicted octanol–water partition coefficient (Wildman–Crippen LogP) is 5.52. The number of aryl methyl sites for hydroxylation is 2. The SMILES string of the molecule is O=c1c2c3c(sc2[n+]2c(n1-c1ccccc1)SCC2C[Te](Cl)(Cl)Cl)CCCC3. The molecule has 2 aliphatic rings. The van der Waals surface area contributed by atoms with Crippen LogP contribution in [0.1, 0.15) is 29.3 Å². The van der Waals surface area contributed by atoms with Gasteiger partial charge in [-0.25, -0.2) is 0 Å². The average Bonchev–Trinajstić information content (AvgIpc) is 3.23. The number of hydrogen-bond donors (Lipinski definition) is 0. The van der Waals surface area contributed by atoms with Crippen LogP contribution in [0.3, 0.4) is 0 Å². The number of thioether (sulfide) groups is 1. The molecule has 0 saturated carbocycles. The molecule has 3 aromatic rings. The van der Waals surface area contributed by atoms with Crippen LogP contribution in [0.25, 0.3) is 15.9 Å². The molecule has 3 nitrogen and oxygen atoms in total. The van der Waals surface area contributed by atoms with Gasteiger partial charge in [0.2, 0.25) is 0 Å². The Kier molecular flexibility index (Phi) is 5.46. The van der Waals surface area contributed by atoms with Crippen LogP contribution in [-0.2, 0) is 12.8 Å². The molecule has 0 saturated heterocycles. The van der Waals surface area contributed by atoms with Crippen molar-refractivity contribution in [1.82, 2.24) is 4.57 Å². The maximum absolute atomic E-state index is 13.7. The van der Waals surface area contributed by atoms with Gasteiger partial charge in [0.1, 0.15) is 0 Å². The van der Waals surface area contributed by atoms with Crippen molar-refractivity contribution in [3.8, 4) is 5.69 Å². The molecule has 148 valence electrons. The summed E-state index contributed by atoms with van der Waals surface area (Å²) in [7, 11) is 19.1. The number of para-hydroxylation sites is 1. The number of fused-ring (bicyclic) bond motifs is 5. The molecule has 1 aromatic carbocycles. The van der Waals surface area contributed by atoms with E-state index < -0.39 is 14.8 Å². The van der Waals surface area contributed by atoms with Crippen LogP contribution in [0.15, 0.2) is 40.3 Å². The summed E-state index contributed by atoms with van der Waals surface area (Å²) in [5.74, 6) is 0.841. The van der Waals surface area contributed by atoms with Gasteiger partial charge in [-0.05, 0) is 0 Å². The van der Waals surface area contributed by atoms with Gasteiger partial charge in [0.25, 0.3) is 0 Å². The maximum atomic E-state index is 13.7. The average molecular weight is 588 g/mol. The van der Waals surface area contributed by atoms with Crippen LogP contribution in [0.2, 0.25) is 4.47 Å². The summed E-state index contributed by atoms with van der Waals surface area (Å²) in [6.45, 7) is 0. The van der Waals surface area contributed by atoms with Crippen LogP contribution < -0.4 is 10.1 Å². The van der Waals surface area contributed by atoms with E-state index >= 15 is 0 Å². The summed E-state index contributed by atoms with van der Waals surface area (Å²) in [5, 5.41) is 1.85. The Labute approximate surface area is 186 Å². The summed E-state index contributed by atoms with van der Waals surface area (Å²) in [5.41, 5.74) is 2.25. The fraction of sp³-hybridized carbons (Fsp3) is 0.368. The van der Waals surface area contributed by atoms with Gasteiger partial charge in [-0.3, -0.25) is 0 Å². The summed E-state index contributed by atoms with van der Waals surface area (Å²) in [4.78, 5) is 16.1. The standard InChI is InChI=1S/C19H18Cl3N2OS2Te/c20-28(21,22)11-13-10-26-19-23(12-6-2-1-3-7-12)17(25)16-14-8-4-5-9-15(14)27-18(16)24(13)19/h1-3,6-7,13H,4-5,8-11H2/q+1.